The average Bonchev–Trinajstić information content (AvgIpc) is 2.76. The molecule has 0 fully saturated rings. The summed E-state index contributed by atoms with van der Waals surface area (Å²) in [4.78, 5) is 4.12. The van der Waals surface area contributed by atoms with Crippen molar-refractivity contribution in [1.82, 2.24) is 9.55 Å². The number of rotatable bonds is 5. The minimum Gasteiger partial charge on any atom is -0.390 e. The molecule has 0 saturated heterocycles. The highest BCUT2D eigenvalue weighted by atomic mass is 16.3. The molecule has 2 atom stereocenters. The number of aryl methyl sites for hydroxylation is 1. The largest absolute Gasteiger partial charge is 0.390 e. The Morgan fingerprint density at radius 3 is 2.67 bits per heavy atom. The fraction of sp³-hybridized carbons (Fsp3) is 0.357. The molecule has 2 aromatic rings. The first-order valence-electron chi connectivity index (χ1n) is 6.12. The summed E-state index contributed by atoms with van der Waals surface area (Å²) >= 11 is 0. The Morgan fingerprint density at radius 2 is 2.06 bits per heavy atom. The summed E-state index contributed by atoms with van der Waals surface area (Å²) in [5.41, 5.74) is 7.18. The average molecular weight is 245 g/mol. The Kier molecular flexibility index (Phi) is 4.12. The third kappa shape index (κ3) is 3.18. The molecule has 0 saturated carbocycles. The van der Waals surface area contributed by atoms with Gasteiger partial charge in [-0.05, 0) is 18.9 Å². The maximum atomic E-state index is 10.1. The zero-order valence-corrected chi connectivity index (χ0v) is 10.5. The Hall–Kier alpha value is -1.65. The van der Waals surface area contributed by atoms with E-state index in [1.807, 2.05) is 48.0 Å². The van der Waals surface area contributed by atoms with Crippen LogP contribution in [0.4, 0.5) is 0 Å². The van der Waals surface area contributed by atoms with Gasteiger partial charge in [0.15, 0.2) is 0 Å². The number of hydrogen-bond donors (Lipinski definition) is 2. The summed E-state index contributed by atoms with van der Waals surface area (Å²) in [7, 11) is 0. The Balaban J connectivity index is 1.93. The number of aromatic nitrogens is 2. The lowest BCUT2D eigenvalue weighted by Gasteiger charge is -2.20. The van der Waals surface area contributed by atoms with Crippen LogP contribution in [0.5, 0.6) is 0 Å². The molecule has 4 nitrogen and oxygen atoms in total. The number of nitrogens with zero attached hydrogens (tertiary/aromatic N) is 2. The molecular formula is C14H19N3O. The van der Waals surface area contributed by atoms with Gasteiger partial charge in [-0.25, -0.2) is 4.98 Å². The number of aliphatic hydroxyl groups excluding tert-OH is 1. The quantitative estimate of drug-likeness (QED) is 0.829. The van der Waals surface area contributed by atoms with E-state index < -0.39 is 6.10 Å². The molecule has 0 aliphatic rings. The molecule has 1 heterocycles. The summed E-state index contributed by atoms with van der Waals surface area (Å²) in [5.74, 6) is 0.890. The second-order valence-corrected chi connectivity index (χ2v) is 4.55. The van der Waals surface area contributed by atoms with Crippen LogP contribution in [0.15, 0.2) is 42.7 Å². The van der Waals surface area contributed by atoms with Crippen LogP contribution in [0.2, 0.25) is 0 Å². The van der Waals surface area contributed by atoms with Crippen LogP contribution < -0.4 is 5.73 Å². The van der Waals surface area contributed by atoms with E-state index in [-0.39, 0.29) is 6.04 Å². The molecule has 2 rings (SSSR count). The van der Waals surface area contributed by atoms with Crippen molar-refractivity contribution in [3.63, 3.8) is 0 Å². The molecule has 18 heavy (non-hydrogen) atoms. The molecule has 1 aromatic heterocycles. The van der Waals surface area contributed by atoms with Crippen molar-refractivity contribution in [1.29, 1.82) is 0 Å². The third-order valence-corrected chi connectivity index (χ3v) is 3.12. The van der Waals surface area contributed by atoms with Crippen LogP contribution in [-0.4, -0.2) is 26.8 Å². The van der Waals surface area contributed by atoms with Gasteiger partial charge in [0.05, 0.1) is 12.6 Å². The first kappa shape index (κ1) is 12.8. The van der Waals surface area contributed by atoms with E-state index in [9.17, 15) is 5.11 Å². The van der Waals surface area contributed by atoms with Gasteiger partial charge in [0.2, 0.25) is 0 Å². The van der Waals surface area contributed by atoms with Crippen LogP contribution in [-0.2, 0) is 13.0 Å². The number of nitrogens with two attached hydrogens (primary N) is 1. The molecule has 0 radical (unpaired) electrons. The van der Waals surface area contributed by atoms with E-state index in [1.54, 1.807) is 6.20 Å². The third-order valence-electron chi connectivity index (χ3n) is 3.12. The predicted octanol–water partition coefficient (Wildman–Crippen LogP) is 1.12. The second-order valence-electron chi connectivity index (χ2n) is 4.55. The monoisotopic (exact) mass is 245 g/mol. The minimum absolute atomic E-state index is 0.269. The van der Waals surface area contributed by atoms with Crippen molar-refractivity contribution in [2.45, 2.75) is 32.0 Å². The number of aliphatic hydroxyl groups is 1. The molecule has 3 N–H and O–H groups in total. The highest BCUT2D eigenvalue weighted by Gasteiger charge is 2.16. The second kappa shape index (κ2) is 5.80. The summed E-state index contributed by atoms with van der Waals surface area (Å²) in [6.45, 7) is 2.40. The molecule has 1 aromatic carbocycles. The summed E-state index contributed by atoms with van der Waals surface area (Å²) in [5, 5.41) is 10.1. The van der Waals surface area contributed by atoms with Crippen molar-refractivity contribution < 1.29 is 5.11 Å². The van der Waals surface area contributed by atoms with Crippen molar-refractivity contribution in [2.24, 2.45) is 5.73 Å². The van der Waals surface area contributed by atoms with Crippen LogP contribution in [0.25, 0.3) is 0 Å². The van der Waals surface area contributed by atoms with Crippen LogP contribution in [0, 0.1) is 6.92 Å². The van der Waals surface area contributed by atoms with Gasteiger partial charge in [-0.2, -0.15) is 0 Å². The van der Waals surface area contributed by atoms with Crippen LogP contribution >= 0.6 is 0 Å². The lowest BCUT2D eigenvalue weighted by Crippen LogP contribution is -2.39. The topological polar surface area (TPSA) is 64.1 Å². The molecule has 0 aliphatic heterocycles. The minimum atomic E-state index is -0.571. The normalized spacial score (nSPS) is 14.4. The highest BCUT2D eigenvalue weighted by molar-refractivity contribution is 5.16. The zero-order valence-electron chi connectivity index (χ0n) is 10.5. The fourth-order valence-corrected chi connectivity index (χ4v) is 1.96. The van der Waals surface area contributed by atoms with E-state index in [1.165, 1.54) is 0 Å². The van der Waals surface area contributed by atoms with Crippen molar-refractivity contribution in [2.75, 3.05) is 0 Å². The van der Waals surface area contributed by atoms with Gasteiger partial charge in [0, 0.05) is 18.4 Å². The highest BCUT2D eigenvalue weighted by Crippen LogP contribution is 2.07. The van der Waals surface area contributed by atoms with E-state index in [2.05, 4.69) is 4.98 Å². The number of hydrogen-bond acceptors (Lipinski definition) is 3. The Labute approximate surface area is 107 Å². The lowest BCUT2D eigenvalue weighted by atomic mass is 10.0. The Bertz CT molecular complexity index is 481. The van der Waals surface area contributed by atoms with Gasteiger partial charge in [-0.1, -0.05) is 30.3 Å². The van der Waals surface area contributed by atoms with Gasteiger partial charge in [0.25, 0.3) is 0 Å². The van der Waals surface area contributed by atoms with Crippen LogP contribution in [0.3, 0.4) is 0 Å². The number of benzene rings is 1. The molecule has 2 unspecified atom stereocenters. The molecule has 0 bridgehead atoms. The van der Waals surface area contributed by atoms with Gasteiger partial charge >= 0.3 is 0 Å². The zero-order chi connectivity index (χ0) is 13.0. The van der Waals surface area contributed by atoms with Crippen molar-refractivity contribution in [3.05, 3.63) is 54.1 Å². The first-order valence-corrected chi connectivity index (χ1v) is 6.12. The van der Waals surface area contributed by atoms with E-state index in [0.29, 0.717) is 13.0 Å². The molecule has 0 amide bonds. The first-order chi connectivity index (χ1) is 8.66. The van der Waals surface area contributed by atoms with E-state index in [0.717, 1.165) is 11.4 Å². The molecule has 4 heteroatoms. The number of imidazole rings is 1. The van der Waals surface area contributed by atoms with E-state index in [4.69, 9.17) is 5.73 Å². The smallest absolute Gasteiger partial charge is 0.105 e. The lowest BCUT2D eigenvalue weighted by molar-refractivity contribution is 0.124. The maximum Gasteiger partial charge on any atom is 0.105 e. The van der Waals surface area contributed by atoms with Gasteiger partial charge in [-0.3, -0.25) is 0 Å². The maximum absolute atomic E-state index is 10.1. The molecule has 0 aliphatic carbocycles. The summed E-state index contributed by atoms with van der Waals surface area (Å²) < 4.78 is 1.91. The van der Waals surface area contributed by atoms with Gasteiger partial charge in [0.1, 0.15) is 5.82 Å². The van der Waals surface area contributed by atoms with Crippen LogP contribution in [0.1, 0.15) is 11.4 Å². The predicted molar refractivity (Wildman–Crippen MR) is 71.1 cm³/mol. The van der Waals surface area contributed by atoms with Crippen molar-refractivity contribution in [3.8, 4) is 0 Å². The standard InChI is InChI=1S/C14H19N3O/c1-11-16-7-8-17(11)10-14(18)13(15)9-12-5-3-2-4-6-12/h2-8,13-14,18H,9-10,15H2,1H3. The molecule has 96 valence electrons. The summed E-state index contributed by atoms with van der Waals surface area (Å²) in [6, 6.07) is 9.71. The molecule has 0 spiro atoms. The fourth-order valence-electron chi connectivity index (χ4n) is 1.96. The Morgan fingerprint density at radius 1 is 1.33 bits per heavy atom. The van der Waals surface area contributed by atoms with E-state index >= 15 is 0 Å². The summed E-state index contributed by atoms with van der Waals surface area (Å²) in [6.07, 6.45) is 3.69. The van der Waals surface area contributed by atoms with Gasteiger partial charge < -0.3 is 15.4 Å². The van der Waals surface area contributed by atoms with Crippen molar-refractivity contribution >= 4 is 0 Å². The van der Waals surface area contributed by atoms with Gasteiger partial charge in [-0.15, -0.1) is 0 Å². The molecular weight excluding hydrogens is 226 g/mol. The SMILES string of the molecule is Cc1nccn1CC(O)C(N)Cc1ccccc1.